The standard InChI is InChI=1S/C18H24N8O/c1-3-26-15(7-9-20-26)18(27)24-10-4-6-14(12-24)17-22-21-16(23(17)2)13-25-11-5-8-19-25/h5,7-9,11,14H,3-4,6,10,12-13H2,1-2H3/t14-/m0/s1. The van der Waals surface area contributed by atoms with Crippen molar-refractivity contribution in [2.45, 2.75) is 38.8 Å². The van der Waals surface area contributed by atoms with E-state index in [1.165, 1.54) is 0 Å². The van der Waals surface area contributed by atoms with Crippen LogP contribution in [0.4, 0.5) is 0 Å². The summed E-state index contributed by atoms with van der Waals surface area (Å²) in [7, 11) is 1.99. The Morgan fingerprint density at radius 2 is 2.15 bits per heavy atom. The van der Waals surface area contributed by atoms with Crippen LogP contribution < -0.4 is 0 Å². The molecular weight excluding hydrogens is 344 g/mol. The Hall–Kier alpha value is -2.97. The van der Waals surface area contributed by atoms with Gasteiger partial charge in [-0.1, -0.05) is 0 Å². The Morgan fingerprint density at radius 3 is 2.93 bits per heavy atom. The van der Waals surface area contributed by atoms with E-state index in [0.29, 0.717) is 25.3 Å². The Morgan fingerprint density at radius 1 is 1.26 bits per heavy atom. The molecule has 0 bridgehead atoms. The summed E-state index contributed by atoms with van der Waals surface area (Å²) in [5, 5.41) is 17.2. The number of hydrogen-bond acceptors (Lipinski definition) is 5. The molecule has 142 valence electrons. The molecule has 0 N–H and O–H groups in total. The second-order valence-corrected chi connectivity index (χ2v) is 6.86. The monoisotopic (exact) mass is 368 g/mol. The lowest BCUT2D eigenvalue weighted by atomic mass is 9.97. The zero-order valence-electron chi connectivity index (χ0n) is 15.7. The van der Waals surface area contributed by atoms with Gasteiger partial charge in [0, 0.05) is 51.2 Å². The van der Waals surface area contributed by atoms with E-state index in [-0.39, 0.29) is 11.8 Å². The van der Waals surface area contributed by atoms with Crippen molar-refractivity contribution in [1.29, 1.82) is 0 Å². The van der Waals surface area contributed by atoms with Gasteiger partial charge in [0.15, 0.2) is 5.82 Å². The molecule has 1 aliphatic rings. The highest BCUT2D eigenvalue weighted by Crippen LogP contribution is 2.26. The molecule has 9 nitrogen and oxygen atoms in total. The molecule has 3 aromatic rings. The van der Waals surface area contributed by atoms with E-state index in [4.69, 9.17) is 0 Å². The van der Waals surface area contributed by atoms with E-state index in [9.17, 15) is 4.79 Å². The Bertz CT molecular complexity index is 910. The highest BCUT2D eigenvalue weighted by molar-refractivity contribution is 5.92. The number of nitrogens with zero attached hydrogens (tertiary/aromatic N) is 8. The van der Waals surface area contributed by atoms with Crippen LogP contribution in [0.2, 0.25) is 0 Å². The third-order valence-corrected chi connectivity index (χ3v) is 5.17. The van der Waals surface area contributed by atoms with Crippen LogP contribution in [-0.2, 0) is 20.1 Å². The molecule has 1 fully saturated rings. The summed E-state index contributed by atoms with van der Waals surface area (Å²) in [5.74, 6) is 2.02. The molecule has 1 saturated heterocycles. The summed E-state index contributed by atoms with van der Waals surface area (Å²) in [6, 6.07) is 3.68. The second kappa shape index (κ2) is 7.34. The highest BCUT2D eigenvalue weighted by atomic mass is 16.2. The topological polar surface area (TPSA) is 86.7 Å². The first-order valence-corrected chi connectivity index (χ1v) is 9.34. The van der Waals surface area contributed by atoms with Crippen molar-refractivity contribution in [2.24, 2.45) is 7.05 Å². The number of carbonyl (C=O) groups is 1. The molecular formula is C18H24N8O. The second-order valence-electron chi connectivity index (χ2n) is 6.86. The van der Waals surface area contributed by atoms with Gasteiger partial charge in [-0.05, 0) is 31.9 Å². The fourth-order valence-electron chi connectivity index (χ4n) is 3.71. The number of rotatable bonds is 5. The first-order chi connectivity index (χ1) is 13.2. The van der Waals surface area contributed by atoms with Crippen molar-refractivity contribution in [3.05, 3.63) is 48.1 Å². The summed E-state index contributed by atoms with van der Waals surface area (Å²) in [5.41, 5.74) is 0.649. The minimum atomic E-state index is 0.0398. The number of amides is 1. The van der Waals surface area contributed by atoms with Crippen molar-refractivity contribution in [1.82, 2.24) is 39.2 Å². The van der Waals surface area contributed by atoms with Crippen LogP contribution in [0, 0.1) is 0 Å². The van der Waals surface area contributed by atoms with Crippen LogP contribution in [0.1, 0.15) is 47.8 Å². The maximum Gasteiger partial charge on any atom is 0.272 e. The van der Waals surface area contributed by atoms with Crippen molar-refractivity contribution in [2.75, 3.05) is 13.1 Å². The fourth-order valence-corrected chi connectivity index (χ4v) is 3.71. The number of piperidine rings is 1. The molecule has 0 spiro atoms. The molecule has 1 amide bonds. The first-order valence-electron chi connectivity index (χ1n) is 9.34. The van der Waals surface area contributed by atoms with Crippen LogP contribution >= 0.6 is 0 Å². The average molecular weight is 368 g/mol. The van der Waals surface area contributed by atoms with Crippen LogP contribution in [0.15, 0.2) is 30.7 Å². The number of carbonyl (C=O) groups excluding carboxylic acids is 1. The van der Waals surface area contributed by atoms with E-state index < -0.39 is 0 Å². The Balaban J connectivity index is 1.50. The molecule has 9 heteroatoms. The molecule has 0 aromatic carbocycles. The van der Waals surface area contributed by atoms with Crippen molar-refractivity contribution < 1.29 is 4.79 Å². The zero-order chi connectivity index (χ0) is 18.8. The maximum atomic E-state index is 12.9. The first kappa shape index (κ1) is 17.4. The lowest BCUT2D eigenvalue weighted by Crippen LogP contribution is -2.40. The minimum absolute atomic E-state index is 0.0398. The van der Waals surface area contributed by atoms with Gasteiger partial charge in [-0.2, -0.15) is 10.2 Å². The quantitative estimate of drug-likeness (QED) is 0.677. The Kier molecular flexibility index (Phi) is 4.74. The molecule has 1 atom stereocenters. The van der Waals surface area contributed by atoms with Gasteiger partial charge in [-0.25, -0.2) is 0 Å². The fraction of sp³-hybridized carbons (Fsp3) is 0.500. The molecule has 0 saturated carbocycles. The minimum Gasteiger partial charge on any atom is -0.337 e. The van der Waals surface area contributed by atoms with E-state index in [1.807, 2.05) is 40.4 Å². The van der Waals surface area contributed by atoms with Gasteiger partial charge in [-0.15, -0.1) is 10.2 Å². The molecule has 4 rings (SSSR count). The van der Waals surface area contributed by atoms with Crippen molar-refractivity contribution in [3.8, 4) is 0 Å². The number of aryl methyl sites for hydroxylation is 1. The van der Waals surface area contributed by atoms with Gasteiger partial charge in [0.2, 0.25) is 0 Å². The van der Waals surface area contributed by atoms with E-state index in [2.05, 4.69) is 20.4 Å². The SMILES string of the molecule is CCn1nccc1C(=O)N1CCC[C@H](c2nnc(Cn3cccn3)n2C)C1. The van der Waals surface area contributed by atoms with Gasteiger partial charge >= 0.3 is 0 Å². The summed E-state index contributed by atoms with van der Waals surface area (Å²) in [6.07, 6.45) is 7.31. The van der Waals surface area contributed by atoms with Crippen LogP contribution in [0.25, 0.3) is 0 Å². The lowest BCUT2D eigenvalue weighted by molar-refractivity contribution is 0.0691. The highest BCUT2D eigenvalue weighted by Gasteiger charge is 2.30. The summed E-state index contributed by atoms with van der Waals surface area (Å²) in [6.45, 7) is 4.68. The smallest absolute Gasteiger partial charge is 0.272 e. The van der Waals surface area contributed by atoms with Gasteiger partial charge in [-0.3, -0.25) is 14.2 Å². The van der Waals surface area contributed by atoms with Crippen molar-refractivity contribution in [3.63, 3.8) is 0 Å². The number of likely N-dealkylation sites (tertiary alicyclic amines) is 1. The molecule has 4 heterocycles. The molecule has 0 unspecified atom stereocenters. The molecule has 0 radical (unpaired) electrons. The summed E-state index contributed by atoms with van der Waals surface area (Å²) < 4.78 is 5.61. The zero-order valence-corrected chi connectivity index (χ0v) is 15.7. The average Bonchev–Trinajstić information content (AvgIpc) is 3.44. The predicted molar refractivity (Wildman–Crippen MR) is 98.1 cm³/mol. The van der Waals surface area contributed by atoms with E-state index in [0.717, 1.165) is 31.0 Å². The van der Waals surface area contributed by atoms with Gasteiger partial charge in [0.05, 0.1) is 0 Å². The van der Waals surface area contributed by atoms with Crippen LogP contribution in [0.3, 0.4) is 0 Å². The number of hydrogen-bond donors (Lipinski definition) is 0. The van der Waals surface area contributed by atoms with E-state index in [1.54, 1.807) is 23.1 Å². The summed E-state index contributed by atoms with van der Waals surface area (Å²) in [4.78, 5) is 14.8. The third kappa shape index (κ3) is 3.36. The largest absolute Gasteiger partial charge is 0.337 e. The molecule has 3 aromatic heterocycles. The molecule has 1 aliphatic heterocycles. The van der Waals surface area contributed by atoms with Gasteiger partial charge < -0.3 is 9.47 Å². The lowest BCUT2D eigenvalue weighted by Gasteiger charge is -2.32. The Labute approximate surface area is 157 Å². The van der Waals surface area contributed by atoms with Crippen LogP contribution in [-0.4, -0.2) is 58.2 Å². The number of aromatic nitrogens is 7. The predicted octanol–water partition coefficient (Wildman–Crippen LogP) is 1.30. The van der Waals surface area contributed by atoms with E-state index >= 15 is 0 Å². The molecule has 0 aliphatic carbocycles. The van der Waals surface area contributed by atoms with Gasteiger partial charge in [0.25, 0.3) is 5.91 Å². The third-order valence-electron chi connectivity index (χ3n) is 5.17. The van der Waals surface area contributed by atoms with Crippen molar-refractivity contribution >= 4 is 5.91 Å². The maximum absolute atomic E-state index is 12.9. The summed E-state index contributed by atoms with van der Waals surface area (Å²) >= 11 is 0. The molecule has 27 heavy (non-hydrogen) atoms. The van der Waals surface area contributed by atoms with Gasteiger partial charge in [0.1, 0.15) is 18.1 Å². The normalized spacial score (nSPS) is 17.4. The van der Waals surface area contributed by atoms with Crippen LogP contribution in [0.5, 0.6) is 0 Å².